The van der Waals surface area contributed by atoms with Crippen LogP contribution in [0.15, 0.2) is 48.5 Å². The van der Waals surface area contributed by atoms with Gasteiger partial charge in [-0.25, -0.2) is 9.07 Å². The van der Waals surface area contributed by atoms with Gasteiger partial charge in [-0.05, 0) is 36.8 Å². The maximum absolute atomic E-state index is 13.8. The highest BCUT2D eigenvalue weighted by atomic mass is 19.1. The normalized spacial score (nSPS) is 10.5. The molecule has 1 amide bonds. The Hall–Kier alpha value is -3.75. The van der Waals surface area contributed by atoms with E-state index in [9.17, 15) is 19.3 Å². The molecule has 0 unspecified atom stereocenters. The summed E-state index contributed by atoms with van der Waals surface area (Å²) in [5, 5.41) is 17.8. The van der Waals surface area contributed by atoms with Crippen molar-refractivity contribution in [3.8, 4) is 11.4 Å². The van der Waals surface area contributed by atoms with Crippen molar-refractivity contribution in [2.75, 3.05) is 12.4 Å². The molecule has 3 aromatic rings. The molecule has 0 aliphatic rings. The van der Waals surface area contributed by atoms with Crippen molar-refractivity contribution in [2.45, 2.75) is 13.3 Å². The molecule has 0 radical (unpaired) electrons. The molecule has 0 fully saturated rings. The van der Waals surface area contributed by atoms with Gasteiger partial charge in [0.05, 0.1) is 29.8 Å². The van der Waals surface area contributed by atoms with Crippen molar-refractivity contribution in [1.82, 2.24) is 9.78 Å². The standard InChI is InChI=1S/C19H17FN4O4/c1-12-9-18(23(22-12)14-4-6-15(7-5-14)24(26)27)21-19(25)11-13-3-8-17(28-2)16(20)10-13/h3-10H,11H2,1-2H3,(H,21,25). The zero-order valence-electron chi connectivity index (χ0n) is 15.2. The Kier molecular flexibility index (Phi) is 5.35. The fraction of sp³-hybridized carbons (Fsp3) is 0.158. The molecule has 0 saturated carbocycles. The number of halogens is 1. The number of nitro benzene ring substituents is 1. The Morgan fingerprint density at radius 1 is 1.25 bits per heavy atom. The highest BCUT2D eigenvalue weighted by molar-refractivity contribution is 5.91. The minimum atomic E-state index is -0.542. The molecule has 0 spiro atoms. The van der Waals surface area contributed by atoms with Gasteiger partial charge in [-0.2, -0.15) is 5.10 Å². The number of anilines is 1. The lowest BCUT2D eigenvalue weighted by Crippen LogP contribution is -2.17. The maximum atomic E-state index is 13.8. The van der Waals surface area contributed by atoms with E-state index in [-0.39, 0.29) is 23.8 Å². The van der Waals surface area contributed by atoms with Gasteiger partial charge in [0.15, 0.2) is 11.6 Å². The van der Waals surface area contributed by atoms with E-state index in [0.717, 1.165) is 0 Å². The lowest BCUT2D eigenvalue weighted by molar-refractivity contribution is -0.384. The Morgan fingerprint density at radius 3 is 2.57 bits per heavy atom. The van der Waals surface area contributed by atoms with Crippen LogP contribution in [0.25, 0.3) is 5.69 Å². The second kappa shape index (κ2) is 7.87. The zero-order chi connectivity index (χ0) is 20.3. The smallest absolute Gasteiger partial charge is 0.269 e. The van der Waals surface area contributed by atoms with E-state index in [1.807, 2.05) is 0 Å². The zero-order valence-corrected chi connectivity index (χ0v) is 15.2. The van der Waals surface area contributed by atoms with Crippen LogP contribution in [-0.4, -0.2) is 27.7 Å². The minimum absolute atomic E-state index is 0.0363. The molecule has 1 aromatic heterocycles. The summed E-state index contributed by atoms with van der Waals surface area (Å²) in [5.74, 6) is -0.381. The van der Waals surface area contributed by atoms with Crippen LogP contribution in [0.4, 0.5) is 15.9 Å². The molecule has 1 N–H and O–H groups in total. The van der Waals surface area contributed by atoms with E-state index in [4.69, 9.17) is 4.74 Å². The number of hydrogen-bond acceptors (Lipinski definition) is 5. The van der Waals surface area contributed by atoms with Gasteiger partial charge in [0, 0.05) is 18.2 Å². The van der Waals surface area contributed by atoms with Crippen LogP contribution >= 0.6 is 0 Å². The van der Waals surface area contributed by atoms with E-state index >= 15 is 0 Å². The molecule has 144 valence electrons. The number of aromatic nitrogens is 2. The van der Waals surface area contributed by atoms with Crippen molar-refractivity contribution in [2.24, 2.45) is 0 Å². The van der Waals surface area contributed by atoms with Crippen LogP contribution < -0.4 is 10.1 Å². The number of nitrogens with one attached hydrogen (secondary N) is 1. The van der Waals surface area contributed by atoms with Crippen LogP contribution in [-0.2, 0) is 11.2 Å². The molecule has 1 heterocycles. The predicted octanol–water partition coefficient (Wildman–Crippen LogP) is 3.42. The summed E-state index contributed by atoms with van der Waals surface area (Å²) < 4.78 is 20.1. The van der Waals surface area contributed by atoms with Gasteiger partial charge in [0.25, 0.3) is 5.69 Å². The quantitative estimate of drug-likeness (QED) is 0.519. The largest absolute Gasteiger partial charge is 0.494 e. The fourth-order valence-corrected chi connectivity index (χ4v) is 2.69. The third-order valence-electron chi connectivity index (χ3n) is 3.99. The van der Waals surface area contributed by atoms with E-state index in [2.05, 4.69) is 10.4 Å². The molecule has 0 saturated heterocycles. The van der Waals surface area contributed by atoms with Crippen LogP contribution in [0.3, 0.4) is 0 Å². The Balaban J connectivity index is 1.78. The number of ether oxygens (including phenoxy) is 1. The summed E-state index contributed by atoms with van der Waals surface area (Å²) in [6.45, 7) is 1.76. The molecule has 9 heteroatoms. The van der Waals surface area contributed by atoms with Crippen molar-refractivity contribution < 1.29 is 18.8 Å². The first-order chi connectivity index (χ1) is 13.4. The number of carbonyl (C=O) groups is 1. The van der Waals surface area contributed by atoms with E-state index in [1.165, 1.54) is 36.1 Å². The Morgan fingerprint density at radius 2 is 1.96 bits per heavy atom. The number of methoxy groups -OCH3 is 1. The number of aryl methyl sites for hydroxylation is 1. The predicted molar refractivity (Wildman–Crippen MR) is 100 cm³/mol. The molecule has 3 rings (SSSR count). The molecule has 28 heavy (non-hydrogen) atoms. The number of benzene rings is 2. The molecule has 0 bridgehead atoms. The number of non-ortho nitro benzene ring substituents is 1. The Bertz CT molecular complexity index is 1030. The van der Waals surface area contributed by atoms with Gasteiger partial charge >= 0.3 is 0 Å². The average Bonchev–Trinajstić information content (AvgIpc) is 3.02. The average molecular weight is 384 g/mol. The summed E-state index contributed by atoms with van der Waals surface area (Å²) in [6, 6.07) is 11.8. The minimum Gasteiger partial charge on any atom is -0.494 e. The Labute approximate surface area is 159 Å². The van der Waals surface area contributed by atoms with Crippen LogP contribution in [0.2, 0.25) is 0 Å². The van der Waals surface area contributed by atoms with Crippen LogP contribution in [0.5, 0.6) is 5.75 Å². The topological polar surface area (TPSA) is 99.3 Å². The third kappa shape index (κ3) is 4.14. The first-order valence-electron chi connectivity index (χ1n) is 8.31. The summed E-state index contributed by atoms with van der Waals surface area (Å²) in [5.41, 5.74) is 1.67. The number of amides is 1. The van der Waals surface area contributed by atoms with Gasteiger partial charge in [-0.15, -0.1) is 0 Å². The summed E-state index contributed by atoms with van der Waals surface area (Å²) in [7, 11) is 1.37. The molecule has 0 atom stereocenters. The second-order valence-electron chi connectivity index (χ2n) is 6.05. The second-order valence-corrected chi connectivity index (χ2v) is 6.05. The number of nitro groups is 1. The van der Waals surface area contributed by atoms with Gasteiger partial charge in [0.1, 0.15) is 5.82 Å². The molecule has 2 aromatic carbocycles. The SMILES string of the molecule is COc1ccc(CC(=O)Nc2cc(C)nn2-c2ccc([N+](=O)[O-])cc2)cc1F. The van der Waals surface area contributed by atoms with Gasteiger partial charge in [-0.3, -0.25) is 14.9 Å². The van der Waals surface area contributed by atoms with Crippen LogP contribution in [0, 0.1) is 22.9 Å². The fourth-order valence-electron chi connectivity index (χ4n) is 2.69. The summed E-state index contributed by atoms with van der Waals surface area (Å²) in [4.78, 5) is 22.7. The van der Waals surface area contributed by atoms with E-state index in [1.54, 1.807) is 31.2 Å². The van der Waals surface area contributed by atoms with Crippen molar-refractivity contribution >= 4 is 17.4 Å². The molecular weight excluding hydrogens is 367 g/mol. The summed E-state index contributed by atoms with van der Waals surface area (Å²) >= 11 is 0. The number of nitrogens with zero attached hydrogens (tertiary/aromatic N) is 3. The van der Waals surface area contributed by atoms with Crippen LogP contribution in [0.1, 0.15) is 11.3 Å². The molecule has 0 aliphatic carbocycles. The summed E-state index contributed by atoms with van der Waals surface area (Å²) in [6.07, 6.45) is -0.0363. The van der Waals surface area contributed by atoms with E-state index in [0.29, 0.717) is 22.8 Å². The highest BCUT2D eigenvalue weighted by Crippen LogP contribution is 2.21. The van der Waals surface area contributed by atoms with Gasteiger partial charge in [-0.1, -0.05) is 6.07 Å². The van der Waals surface area contributed by atoms with Gasteiger partial charge < -0.3 is 10.1 Å². The highest BCUT2D eigenvalue weighted by Gasteiger charge is 2.14. The molecule has 8 nitrogen and oxygen atoms in total. The van der Waals surface area contributed by atoms with Crippen molar-refractivity contribution in [3.05, 3.63) is 75.7 Å². The number of hydrogen-bond donors (Lipinski definition) is 1. The number of rotatable bonds is 6. The first kappa shape index (κ1) is 19.0. The van der Waals surface area contributed by atoms with E-state index < -0.39 is 10.7 Å². The van der Waals surface area contributed by atoms with Gasteiger partial charge in [0.2, 0.25) is 5.91 Å². The lowest BCUT2D eigenvalue weighted by Gasteiger charge is -2.09. The number of carbonyl (C=O) groups excluding carboxylic acids is 1. The van der Waals surface area contributed by atoms with Crippen molar-refractivity contribution in [3.63, 3.8) is 0 Å². The maximum Gasteiger partial charge on any atom is 0.269 e. The monoisotopic (exact) mass is 384 g/mol. The molecule has 0 aliphatic heterocycles. The first-order valence-corrected chi connectivity index (χ1v) is 8.31. The molecular formula is C19H17FN4O4. The lowest BCUT2D eigenvalue weighted by atomic mass is 10.1. The van der Waals surface area contributed by atoms with Crippen molar-refractivity contribution in [1.29, 1.82) is 0 Å². The third-order valence-corrected chi connectivity index (χ3v) is 3.99.